The predicted molar refractivity (Wildman–Crippen MR) is 97.7 cm³/mol. The highest BCUT2D eigenvalue weighted by Gasteiger charge is 2.55. The van der Waals surface area contributed by atoms with Crippen molar-refractivity contribution in [2.24, 2.45) is 0 Å². The van der Waals surface area contributed by atoms with Crippen molar-refractivity contribution >= 4 is 0 Å². The summed E-state index contributed by atoms with van der Waals surface area (Å²) in [6.45, 7) is -1.68. The van der Waals surface area contributed by atoms with Crippen LogP contribution in [0.1, 0.15) is 11.7 Å². The maximum absolute atomic E-state index is 10.7. The number of aromatic hydroxyl groups is 2. The van der Waals surface area contributed by atoms with Gasteiger partial charge in [0.1, 0.15) is 42.2 Å². The van der Waals surface area contributed by atoms with Gasteiger partial charge in [0.05, 0.1) is 26.4 Å². The van der Waals surface area contributed by atoms with Crippen LogP contribution in [0.15, 0.2) is 18.2 Å². The van der Waals surface area contributed by atoms with E-state index in [0.29, 0.717) is 5.56 Å². The van der Waals surface area contributed by atoms with E-state index in [9.17, 15) is 35.7 Å². The Bertz CT molecular complexity index is 776. The monoisotopic (exact) mass is 446 g/mol. The zero-order valence-electron chi connectivity index (χ0n) is 16.4. The molecule has 0 spiro atoms. The Hall–Kier alpha value is -1.58. The first-order chi connectivity index (χ1) is 14.8. The standard InChI is InChI=1S/C19H26O12/c20-4-11-13(24)14(31-18-16(25)19(26,6-21)7-28-18)15-17(30-11)27-5-12(29-15)8-1-2-9(22)10(23)3-8/h1-3,11-18,20-26H,4-7H2/t11-,12-,13-,14+,15?,16+,17?,18+,19-/m1/s1. The lowest BCUT2D eigenvalue weighted by Gasteiger charge is -2.48. The summed E-state index contributed by atoms with van der Waals surface area (Å²) in [5, 5.41) is 69.3. The second-order valence-corrected chi connectivity index (χ2v) is 7.87. The number of benzene rings is 1. The number of aliphatic hydroxyl groups excluding tert-OH is 4. The van der Waals surface area contributed by atoms with Crippen molar-refractivity contribution in [2.75, 3.05) is 26.4 Å². The number of rotatable bonds is 5. The topological polar surface area (TPSA) is 188 Å². The molecule has 9 atom stereocenters. The van der Waals surface area contributed by atoms with Gasteiger partial charge in [0.2, 0.25) is 0 Å². The van der Waals surface area contributed by atoms with Crippen molar-refractivity contribution in [2.45, 2.75) is 54.8 Å². The van der Waals surface area contributed by atoms with Gasteiger partial charge in [-0.2, -0.15) is 0 Å². The van der Waals surface area contributed by atoms with Gasteiger partial charge < -0.3 is 59.4 Å². The van der Waals surface area contributed by atoms with Gasteiger partial charge in [0.15, 0.2) is 24.1 Å². The third-order valence-corrected chi connectivity index (χ3v) is 5.77. The van der Waals surface area contributed by atoms with Gasteiger partial charge in [-0.3, -0.25) is 0 Å². The van der Waals surface area contributed by atoms with Crippen LogP contribution in [0, 0.1) is 0 Å². The van der Waals surface area contributed by atoms with Crippen LogP contribution in [-0.2, 0) is 23.7 Å². The molecule has 12 nitrogen and oxygen atoms in total. The van der Waals surface area contributed by atoms with E-state index >= 15 is 0 Å². The van der Waals surface area contributed by atoms with Crippen molar-refractivity contribution in [1.82, 2.24) is 0 Å². The van der Waals surface area contributed by atoms with Crippen molar-refractivity contribution in [3.63, 3.8) is 0 Å². The Morgan fingerprint density at radius 1 is 1.06 bits per heavy atom. The third-order valence-electron chi connectivity index (χ3n) is 5.77. The smallest absolute Gasteiger partial charge is 0.187 e. The van der Waals surface area contributed by atoms with Gasteiger partial charge >= 0.3 is 0 Å². The fourth-order valence-corrected chi connectivity index (χ4v) is 3.87. The average Bonchev–Trinajstić information content (AvgIpc) is 3.06. The number of fused-ring (bicyclic) bond motifs is 1. The quantitative estimate of drug-likeness (QED) is 0.235. The fourth-order valence-electron chi connectivity index (χ4n) is 3.87. The largest absolute Gasteiger partial charge is 0.504 e. The molecule has 7 N–H and O–H groups in total. The van der Waals surface area contributed by atoms with E-state index in [-0.39, 0.29) is 24.7 Å². The Labute approximate surface area is 176 Å². The van der Waals surface area contributed by atoms with E-state index in [2.05, 4.69) is 0 Å². The van der Waals surface area contributed by atoms with E-state index in [1.54, 1.807) is 0 Å². The third kappa shape index (κ3) is 4.12. The molecule has 0 bridgehead atoms. The Morgan fingerprint density at radius 2 is 1.84 bits per heavy atom. The molecule has 2 unspecified atom stereocenters. The van der Waals surface area contributed by atoms with Gasteiger partial charge in [-0.25, -0.2) is 0 Å². The molecule has 0 aliphatic carbocycles. The summed E-state index contributed by atoms with van der Waals surface area (Å²) < 4.78 is 28.2. The maximum Gasteiger partial charge on any atom is 0.187 e. The maximum atomic E-state index is 10.7. The van der Waals surface area contributed by atoms with Gasteiger partial charge in [-0.05, 0) is 17.7 Å². The number of aliphatic hydroxyl groups is 5. The molecular formula is C19H26O12. The van der Waals surface area contributed by atoms with Crippen LogP contribution in [-0.4, -0.2) is 111 Å². The second kappa shape index (κ2) is 8.75. The Kier molecular flexibility index (Phi) is 6.38. The Morgan fingerprint density at radius 3 is 2.48 bits per heavy atom. The number of hydrogen-bond acceptors (Lipinski definition) is 12. The van der Waals surface area contributed by atoms with Crippen LogP contribution in [0.25, 0.3) is 0 Å². The fraction of sp³-hybridized carbons (Fsp3) is 0.684. The van der Waals surface area contributed by atoms with Crippen LogP contribution < -0.4 is 0 Å². The van der Waals surface area contributed by atoms with E-state index in [1.165, 1.54) is 18.2 Å². The highest BCUT2D eigenvalue weighted by Crippen LogP contribution is 2.38. The first-order valence-corrected chi connectivity index (χ1v) is 9.79. The predicted octanol–water partition coefficient (Wildman–Crippen LogP) is -2.54. The molecule has 3 aliphatic heterocycles. The van der Waals surface area contributed by atoms with Crippen LogP contribution >= 0.6 is 0 Å². The highest BCUT2D eigenvalue weighted by atomic mass is 16.8. The molecule has 0 radical (unpaired) electrons. The molecule has 3 saturated heterocycles. The molecule has 3 heterocycles. The first-order valence-electron chi connectivity index (χ1n) is 9.79. The number of ether oxygens (including phenoxy) is 5. The van der Waals surface area contributed by atoms with Crippen molar-refractivity contribution < 1.29 is 59.4 Å². The number of phenols is 2. The molecule has 31 heavy (non-hydrogen) atoms. The van der Waals surface area contributed by atoms with Crippen molar-refractivity contribution in [1.29, 1.82) is 0 Å². The minimum Gasteiger partial charge on any atom is -0.504 e. The van der Waals surface area contributed by atoms with Gasteiger partial charge in [0.25, 0.3) is 0 Å². The minimum absolute atomic E-state index is 0.0131. The zero-order valence-corrected chi connectivity index (χ0v) is 16.4. The summed E-state index contributed by atoms with van der Waals surface area (Å²) >= 11 is 0. The van der Waals surface area contributed by atoms with Gasteiger partial charge in [-0.1, -0.05) is 6.07 Å². The SMILES string of the molecule is OC[C@H]1OC2OC[C@H](c3ccc(O)c(O)c3)OC2[C@@H](O[C@@H]2OC[C@](O)(CO)[C@H]2O)[C@@H]1O. The first kappa shape index (κ1) is 22.6. The summed E-state index contributed by atoms with van der Waals surface area (Å²) in [5.74, 6) is -0.646. The molecule has 12 heteroatoms. The molecule has 4 rings (SSSR count). The summed E-state index contributed by atoms with van der Waals surface area (Å²) in [5.41, 5.74) is -1.44. The zero-order chi connectivity index (χ0) is 22.3. The lowest BCUT2D eigenvalue weighted by Crippen LogP contribution is -2.64. The van der Waals surface area contributed by atoms with Gasteiger partial charge in [-0.15, -0.1) is 0 Å². The normalized spacial score (nSPS) is 43.0. The number of hydrogen-bond donors (Lipinski definition) is 7. The van der Waals surface area contributed by atoms with E-state index in [1.807, 2.05) is 0 Å². The number of phenolic OH excluding ortho intramolecular Hbond substituents is 2. The van der Waals surface area contributed by atoms with E-state index < -0.39 is 68.0 Å². The van der Waals surface area contributed by atoms with E-state index in [0.717, 1.165) is 0 Å². The molecule has 1 aromatic rings. The van der Waals surface area contributed by atoms with Crippen LogP contribution in [0.2, 0.25) is 0 Å². The van der Waals surface area contributed by atoms with Crippen molar-refractivity contribution in [3.8, 4) is 11.5 Å². The summed E-state index contributed by atoms with van der Waals surface area (Å²) in [7, 11) is 0. The molecule has 0 aromatic heterocycles. The van der Waals surface area contributed by atoms with Crippen LogP contribution in [0.4, 0.5) is 0 Å². The summed E-state index contributed by atoms with van der Waals surface area (Å²) in [4.78, 5) is 0. The molecular weight excluding hydrogens is 420 g/mol. The lowest BCUT2D eigenvalue weighted by atomic mass is 9.96. The summed E-state index contributed by atoms with van der Waals surface area (Å²) in [6, 6.07) is 4.13. The average molecular weight is 446 g/mol. The van der Waals surface area contributed by atoms with Crippen molar-refractivity contribution in [3.05, 3.63) is 23.8 Å². The van der Waals surface area contributed by atoms with Gasteiger partial charge in [0, 0.05) is 0 Å². The Balaban J connectivity index is 1.55. The minimum atomic E-state index is -1.92. The van der Waals surface area contributed by atoms with Crippen LogP contribution in [0.5, 0.6) is 11.5 Å². The molecule has 0 saturated carbocycles. The van der Waals surface area contributed by atoms with Crippen LogP contribution in [0.3, 0.4) is 0 Å². The molecule has 174 valence electrons. The van der Waals surface area contributed by atoms with E-state index in [4.69, 9.17) is 23.7 Å². The lowest BCUT2D eigenvalue weighted by molar-refractivity contribution is -0.369. The summed E-state index contributed by atoms with van der Waals surface area (Å²) in [6.07, 6.45) is -9.45. The highest BCUT2D eigenvalue weighted by molar-refractivity contribution is 5.41. The second-order valence-electron chi connectivity index (χ2n) is 7.87. The molecule has 3 aliphatic rings. The molecule has 3 fully saturated rings. The molecule has 1 aromatic carbocycles. The molecule has 0 amide bonds.